The summed E-state index contributed by atoms with van der Waals surface area (Å²) in [7, 11) is 0. The van der Waals surface area contributed by atoms with E-state index < -0.39 is 5.97 Å². The van der Waals surface area contributed by atoms with Gasteiger partial charge in [0.05, 0.1) is 0 Å². The molecule has 0 rings (SSSR count). The first-order chi connectivity index (χ1) is 4.59. The molecule has 0 amide bonds. The number of carbonyl (C=O) groups is 1. The van der Waals surface area contributed by atoms with Crippen molar-refractivity contribution in [3.8, 4) is 0 Å². The predicted octanol–water partition coefficient (Wildman–Crippen LogP) is 1.77. The van der Waals surface area contributed by atoms with Gasteiger partial charge in [-0.3, -0.25) is 0 Å². The van der Waals surface area contributed by atoms with Crippen LogP contribution in [-0.4, -0.2) is 23.1 Å². The molecule has 0 aromatic rings. The van der Waals surface area contributed by atoms with Crippen molar-refractivity contribution < 1.29 is 9.90 Å². The first-order valence-electron chi connectivity index (χ1n) is 2.98. The molecule has 0 fully saturated rings. The highest BCUT2D eigenvalue weighted by atomic mass is 32.2. The van der Waals surface area contributed by atoms with Crippen LogP contribution in [0.1, 0.15) is 13.8 Å². The van der Waals surface area contributed by atoms with Gasteiger partial charge in [0.2, 0.25) is 0 Å². The van der Waals surface area contributed by atoms with Gasteiger partial charge >= 0.3 is 5.97 Å². The molecule has 0 aliphatic rings. The highest BCUT2D eigenvalue weighted by Gasteiger charge is 2.06. The number of carboxylic acids is 1. The normalized spacial score (nSPS) is 9.10. The molecule has 0 aromatic heterocycles. The van der Waals surface area contributed by atoms with Crippen LogP contribution in [0.15, 0.2) is 11.1 Å². The summed E-state index contributed by atoms with van der Waals surface area (Å²) >= 11 is 1.53. The minimum absolute atomic E-state index is 0.521. The highest BCUT2D eigenvalue weighted by Crippen LogP contribution is 2.09. The Hall–Kier alpha value is -0.440. The summed E-state index contributed by atoms with van der Waals surface area (Å²) in [4.78, 5) is 10.5. The number of allylic oxidation sites excluding steroid dienone is 1. The van der Waals surface area contributed by atoms with Crippen LogP contribution in [0.5, 0.6) is 0 Å². The lowest BCUT2D eigenvalue weighted by atomic mass is 10.2. The van der Waals surface area contributed by atoms with E-state index >= 15 is 0 Å². The van der Waals surface area contributed by atoms with Gasteiger partial charge in [0.15, 0.2) is 0 Å². The molecule has 2 nitrogen and oxygen atoms in total. The number of carboxylic acid groups (broad SMARTS) is 1. The lowest BCUT2D eigenvalue weighted by Crippen LogP contribution is -2.04. The predicted molar refractivity (Wildman–Crippen MR) is 44.4 cm³/mol. The fourth-order valence-corrected chi connectivity index (χ4v) is 1.27. The molecule has 0 bridgehead atoms. The van der Waals surface area contributed by atoms with Gasteiger partial charge in [0.25, 0.3) is 0 Å². The quantitative estimate of drug-likeness (QED) is 0.639. The Labute approximate surface area is 65.3 Å². The Kier molecular flexibility index (Phi) is 4.19. The zero-order chi connectivity index (χ0) is 8.15. The molecule has 0 aromatic carbocycles. The summed E-state index contributed by atoms with van der Waals surface area (Å²) in [6, 6.07) is 0. The average Bonchev–Trinajstić information content (AvgIpc) is 1.81. The maximum atomic E-state index is 10.5. The molecule has 0 heterocycles. The van der Waals surface area contributed by atoms with E-state index in [1.165, 1.54) is 11.8 Å². The number of hydrogen-bond donors (Lipinski definition) is 1. The standard InChI is InChI=1S/C7H12O2S/c1-5(2)6(4-10-3)7(8)9/h4H2,1-3H3,(H,8,9). The molecule has 3 heteroatoms. The van der Waals surface area contributed by atoms with E-state index in [1.807, 2.05) is 20.1 Å². The van der Waals surface area contributed by atoms with Gasteiger partial charge < -0.3 is 5.11 Å². The molecular formula is C7H12O2S. The Morgan fingerprint density at radius 1 is 1.50 bits per heavy atom. The van der Waals surface area contributed by atoms with E-state index in [4.69, 9.17) is 5.11 Å². The van der Waals surface area contributed by atoms with Crippen LogP contribution < -0.4 is 0 Å². The number of aliphatic carboxylic acids is 1. The zero-order valence-electron chi connectivity index (χ0n) is 6.47. The maximum Gasteiger partial charge on any atom is 0.332 e. The molecule has 0 spiro atoms. The van der Waals surface area contributed by atoms with Crippen molar-refractivity contribution in [2.75, 3.05) is 12.0 Å². The van der Waals surface area contributed by atoms with Gasteiger partial charge in [-0.1, -0.05) is 5.57 Å². The second-order valence-electron chi connectivity index (χ2n) is 2.22. The third-order valence-electron chi connectivity index (χ3n) is 1.15. The third-order valence-corrected chi connectivity index (χ3v) is 1.73. The summed E-state index contributed by atoms with van der Waals surface area (Å²) in [6.07, 6.45) is 1.89. The van der Waals surface area contributed by atoms with Crippen LogP contribution in [0.4, 0.5) is 0 Å². The smallest absolute Gasteiger partial charge is 0.332 e. The van der Waals surface area contributed by atoms with Gasteiger partial charge in [-0.05, 0) is 20.1 Å². The molecule has 0 atom stereocenters. The topological polar surface area (TPSA) is 37.3 Å². The first-order valence-corrected chi connectivity index (χ1v) is 4.37. The van der Waals surface area contributed by atoms with E-state index in [9.17, 15) is 4.79 Å². The SMILES string of the molecule is CSCC(C(=O)O)=C(C)C. The van der Waals surface area contributed by atoms with E-state index in [1.54, 1.807) is 0 Å². The number of thioether (sulfide) groups is 1. The van der Waals surface area contributed by atoms with Gasteiger partial charge in [0.1, 0.15) is 0 Å². The summed E-state index contributed by atoms with van der Waals surface area (Å²) in [5.74, 6) is -0.202. The Bertz CT molecular complexity index is 157. The van der Waals surface area contributed by atoms with Gasteiger partial charge in [-0.15, -0.1) is 0 Å². The van der Waals surface area contributed by atoms with Crippen LogP contribution >= 0.6 is 11.8 Å². The summed E-state index contributed by atoms with van der Waals surface area (Å²) in [6.45, 7) is 3.64. The fourth-order valence-electron chi connectivity index (χ4n) is 0.564. The van der Waals surface area contributed by atoms with Crippen LogP contribution in [0.25, 0.3) is 0 Å². The molecule has 0 aliphatic carbocycles. The molecule has 58 valence electrons. The van der Waals surface area contributed by atoms with Crippen LogP contribution in [0.2, 0.25) is 0 Å². The minimum atomic E-state index is -0.797. The second-order valence-corrected chi connectivity index (χ2v) is 3.08. The highest BCUT2D eigenvalue weighted by molar-refractivity contribution is 7.98. The van der Waals surface area contributed by atoms with Crippen molar-refractivity contribution in [3.05, 3.63) is 11.1 Å². The monoisotopic (exact) mass is 160 g/mol. The lowest BCUT2D eigenvalue weighted by Gasteiger charge is -2.00. The molecule has 10 heavy (non-hydrogen) atoms. The Morgan fingerprint density at radius 2 is 2.00 bits per heavy atom. The Balaban J connectivity index is 4.28. The molecule has 0 radical (unpaired) electrons. The summed E-state index contributed by atoms with van der Waals surface area (Å²) in [5.41, 5.74) is 1.41. The van der Waals surface area contributed by atoms with Gasteiger partial charge in [-0.25, -0.2) is 4.79 Å². The lowest BCUT2D eigenvalue weighted by molar-refractivity contribution is -0.132. The fraction of sp³-hybridized carbons (Fsp3) is 0.571. The van der Waals surface area contributed by atoms with Crippen LogP contribution in [0, 0.1) is 0 Å². The average molecular weight is 160 g/mol. The van der Waals surface area contributed by atoms with Crippen molar-refractivity contribution in [1.82, 2.24) is 0 Å². The van der Waals surface area contributed by atoms with Gasteiger partial charge in [0, 0.05) is 11.3 Å². The third kappa shape index (κ3) is 2.92. The molecule has 0 unspecified atom stereocenters. The Morgan fingerprint density at radius 3 is 2.10 bits per heavy atom. The summed E-state index contributed by atoms with van der Waals surface area (Å²) < 4.78 is 0. The second kappa shape index (κ2) is 4.39. The maximum absolute atomic E-state index is 10.5. The molecule has 0 saturated carbocycles. The minimum Gasteiger partial charge on any atom is -0.478 e. The number of hydrogen-bond acceptors (Lipinski definition) is 2. The molecule has 0 aliphatic heterocycles. The van der Waals surface area contributed by atoms with Crippen molar-refractivity contribution >= 4 is 17.7 Å². The van der Waals surface area contributed by atoms with Crippen molar-refractivity contribution in [2.45, 2.75) is 13.8 Å². The van der Waals surface area contributed by atoms with E-state index in [-0.39, 0.29) is 0 Å². The molecule has 1 N–H and O–H groups in total. The van der Waals surface area contributed by atoms with Crippen molar-refractivity contribution in [3.63, 3.8) is 0 Å². The van der Waals surface area contributed by atoms with Crippen molar-refractivity contribution in [1.29, 1.82) is 0 Å². The van der Waals surface area contributed by atoms with Crippen molar-refractivity contribution in [2.24, 2.45) is 0 Å². The summed E-state index contributed by atoms with van der Waals surface area (Å²) in [5, 5.41) is 8.60. The van der Waals surface area contributed by atoms with E-state index in [2.05, 4.69) is 0 Å². The van der Waals surface area contributed by atoms with E-state index in [0.29, 0.717) is 11.3 Å². The van der Waals surface area contributed by atoms with Crippen LogP contribution in [0.3, 0.4) is 0 Å². The largest absolute Gasteiger partial charge is 0.478 e. The number of rotatable bonds is 3. The van der Waals surface area contributed by atoms with E-state index in [0.717, 1.165) is 5.57 Å². The molecule has 0 saturated heterocycles. The first kappa shape index (κ1) is 9.56. The van der Waals surface area contributed by atoms with Crippen LogP contribution in [-0.2, 0) is 4.79 Å². The van der Waals surface area contributed by atoms with Gasteiger partial charge in [-0.2, -0.15) is 11.8 Å². The zero-order valence-corrected chi connectivity index (χ0v) is 7.29. The molecular weight excluding hydrogens is 148 g/mol.